The quantitative estimate of drug-likeness (QED) is 0.778. The van der Waals surface area contributed by atoms with E-state index in [4.69, 9.17) is 0 Å². The molecule has 1 fully saturated rings. The fraction of sp³-hybridized carbons (Fsp3) is 0.778. The summed E-state index contributed by atoms with van der Waals surface area (Å²) in [5.41, 5.74) is 1.64. The van der Waals surface area contributed by atoms with E-state index in [9.17, 15) is 0 Å². The Balaban J connectivity index is 1.79. The molecule has 21 heavy (non-hydrogen) atoms. The van der Waals surface area contributed by atoms with E-state index >= 15 is 0 Å². The average Bonchev–Trinajstić information content (AvgIpc) is 2.91. The summed E-state index contributed by atoms with van der Waals surface area (Å²) in [5, 5.41) is 3.89. The van der Waals surface area contributed by atoms with Crippen LogP contribution in [-0.2, 0) is 12.2 Å². The van der Waals surface area contributed by atoms with Crippen LogP contribution in [0, 0.1) is 11.8 Å². The Morgan fingerprint density at radius 3 is 3.05 bits per heavy atom. The van der Waals surface area contributed by atoms with Crippen LogP contribution in [0.4, 0.5) is 0 Å². The number of hydrogen-bond donors (Lipinski definition) is 1. The topological polar surface area (TPSA) is 12.0 Å². The number of thiophene rings is 1. The van der Waals surface area contributed by atoms with Gasteiger partial charge in [-0.15, -0.1) is 11.3 Å². The molecule has 1 aliphatic carbocycles. The molecule has 3 rings (SSSR count). The Morgan fingerprint density at radius 2 is 2.29 bits per heavy atom. The third kappa shape index (κ3) is 3.86. The molecule has 3 unspecified atom stereocenters. The summed E-state index contributed by atoms with van der Waals surface area (Å²) in [6, 6.07) is 3.16. The summed E-state index contributed by atoms with van der Waals surface area (Å²) < 4.78 is 0. The highest BCUT2D eigenvalue weighted by molar-refractivity contribution is 7.98. The van der Waals surface area contributed by atoms with Crippen molar-refractivity contribution in [3.63, 3.8) is 0 Å². The minimum Gasteiger partial charge on any atom is -0.309 e. The lowest BCUT2D eigenvalue weighted by Crippen LogP contribution is -2.31. The molecule has 1 nitrogen and oxygen atoms in total. The second-order valence-corrected chi connectivity index (χ2v) is 9.14. The first-order valence-corrected chi connectivity index (χ1v) is 10.7. The van der Waals surface area contributed by atoms with E-state index in [1.165, 1.54) is 50.0 Å². The fourth-order valence-corrected chi connectivity index (χ4v) is 6.45. The number of nitrogens with one attached hydrogen (secondary N) is 1. The smallest absolute Gasteiger partial charge is 0.0443 e. The molecule has 1 N–H and O–H groups in total. The fourth-order valence-electron chi connectivity index (χ4n) is 3.91. The zero-order chi connectivity index (χ0) is 14.7. The lowest BCUT2D eigenvalue weighted by molar-refractivity contribution is 0.226. The Kier molecular flexibility index (Phi) is 5.69. The Morgan fingerprint density at radius 1 is 1.38 bits per heavy atom. The van der Waals surface area contributed by atoms with E-state index < -0.39 is 0 Å². The second-order valence-electron chi connectivity index (χ2n) is 6.86. The summed E-state index contributed by atoms with van der Waals surface area (Å²) >= 11 is 4.22. The van der Waals surface area contributed by atoms with E-state index in [1.54, 1.807) is 15.3 Å². The Labute approximate surface area is 138 Å². The van der Waals surface area contributed by atoms with Crippen LogP contribution in [0.3, 0.4) is 0 Å². The summed E-state index contributed by atoms with van der Waals surface area (Å²) in [4.78, 5) is 3.31. The average molecular weight is 324 g/mol. The standard InChI is InChI=1S/C18H29NS2/c1-3-8-19-18(14-6-4-5-13(2)10-14)17-11-15-12-20-9-7-16(15)21-17/h11,13-14,18-19H,3-10,12H2,1-2H3. The maximum absolute atomic E-state index is 3.89. The van der Waals surface area contributed by atoms with Gasteiger partial charge >= 0.3 is 0 Å². The number of fused-ring (bicyclic) bond motifs is 1. The van der Waals surface area contributed by atoms with Crippen molar-refractivity contribution in [1.29, 1.82) is 0 Å². The predicted octanol–water partition coefficient (Wildman–Crippen LogP) is 5.40. The van der Waals surface area contributed by atoms with Crippen LogP contribution in [0.25, 0.3) is 0 Å². The molecule has 0 amide bonds. The lowest BCUT2D eigenvalue weighted by Gasteiger charge is -2.33. The van der Waals surface area contributed by atoms with Gasteiger partial charge in [0, 0.05) is 21.5 Å². The van der Waals surface area contributed by atoms with Gasteiger partial charge in [0.25, 0.3) is 0 Å². The van der Waals surface area contributed by atoms with Crippen molar-refractivity contribution in [3.05, 3.63) is 21.4 Å². The minimum absolute atomic E-state index is 0.619. The maximum atomic E-state index is 3.89. The molecule has 0 saturated heterocycles. The van der Waals surface area contributed by atoms with E-state index in [0.717, 1.165) is 18.4 Å². The van der Waals surface area contributed by atoms with Crippen LogP contribution < -0.4 is 5.32 Å². The van der Waals surface area contributed by atoms with Crippen molar-refractivity contribution < 1.29 is 0 Å². The maximum Gasteiger partial charge on any atom is 0.0443 e. The van der Waals surface area contributed by atoms with Gasteiger partial charge in [0.15, 0.2) is 0 Å². The first kappa shape index (κ1) is 15.9. The van der Waals surface area contributed by atoms with Gasteiger partial charge in [-0.3, -0.25) is 0 Å². The zero-order valence-electron chi connectivity index (χ0n) is 13.5. The third-order valence-electron chi connectivity index (χ3n) is 5.02. The highest BCUT2D eigenvalue weighted by atomic mass is 32.2. The molecular weight excluding hydrogens is 294 g/mol. The molecule has 3 heteroatoms. The van der Waals surface area contributed by atoms with E-state index in [-0.39, 0.29) is 0 Å². The van der Waals surface area contributed by atoms with Gasteiger partial charge in [-0.05, 0) is 61.4 Å². The molecule has 3 atom stereocenters. The van der Waals surface area contributed by atoms with Crippen LogP contribution in [0.15, 0.2) is 6.07 Å². The lowest BCUT2D eigenvalue weighted by atomic mass is 9.78. The van der Waals surface area contributed by atoms with Gasteiger partial charge in [0.05, 0.1) is 0 Å². The molecule has 1 saturated carbocycles. The van der Waals surface area contributed by atoms with Gasteiger partial charge in [0.2, 0.25) is 0 Å². The largest absolute Gasteiger partial charge is 0.309 e. The molecule has 0 spiro atoms. The van der Waals surface area contributed by atoms with Gasteiger partial charge in [-0.1, -0.05) is 26.7 Å². The van der Waals surface area contributed by atoms with Gasteiger partial charge in [0.1, 0.15) is 0 Å². The highest BCUT2D eigenvalue weighted by Crippen LogP contribution is 2.41. The molecule has 2 aliphatic rings. The molecule has 0 radical (unpaired) electrons. The number of rotatable bonds is 5. The first-order chi connectivity index (χ1) is 10.3. The Bertz CT molecular complexity index is 431. The van der Waals surface area contributed by atoms with Crippen molar-refractivity contribution >= 4 is 23.1 Å². The minimum atomic E-state index is 0.619. The second kappa shape index (κ2) is 7.52. The van der Waals surface area contributed by atoms with Crippen molar-refractivity contribution in [3.8, 4) is 0 Å². The zero-order valence-corrected chi connectivity index (χ0v) is 15.1. The Hall–Kier alpha value is 0.01000. The highest BCUT2D eigenvalue weighted by Gasteiger charge is 2.29. The van der Waals surface area contributed by atoms with Crippen LogP contribution >= 0.6 is 23.1 Å². The normalized spacial score (nSPS) is 27.3. The molecular formula is C18H29NS2. The van der Waals surface area contributed by atoms with Crippen molar-refractivity contribution in [2.75, 3.05) is 12.3 Å². The summed E-state index contributed by atoms with van der Waals surface area (Å²) in [6.45, 7) is 5.88. The molecule has 2 heterocycles. The van der Waals surface area contributed by atoms with Crippen LogP contribution in [0.2, 0.25) is 0 Å². The van der Waals surface area contributed by atoms with Crippen molar-refractivity contribution in [2.24, 2.45) is 11.8 Å². The summed E-state index contributed by atoms with van der Waals surface area (Å²) in [5.74, 6) is 4.33. The SMILES string of the molecule is CCCNC(c1cc2c(s1)CCSC2)C1CCCC(C)C1. The molecule has 1 aromatic rings. The van der Waals surface area contributed by atoms with Crippen LogP contribution in [0.1, 0.15) is 67.3 Å². The van der Waals surface area contributed by atoms with E-state index in [0.29, 0.717) is 6.04 Å². The summed E-state index contributed by atoms with van der Waals surface area (Å²) in [6.07, 6.45) is 8.24. The van der Waals surface area contributed by atoms with Crippen molar-refractivity contribution in [2.45, 2.75) is 64.2 Å². The molecule has 0 bridgehead atoms. The van der Waals surface area contributed by atoms with Crippen molar-refractivity contribution in [1.82, 2.24) is 5.32 Å². The van der Waals surface area contributed by atoms with Crippen LogP contribution in [0.5, 0.6) is 0 Å². The van der Waals surface area contributed by atoms with E-state index in [1.807, 2.05) is 0 Å². The molecule has 1 aliphatic heterocycles. The number of hydrogen-bond acceptors (Lipinski definition) is 3. The number of aryl methyl sites for hydroxylation is 1. The van der Waals surface area contributed by atoms with Gasteiger partial charge < -0.3 is 5.32 Å². The van der Waals surface area contributed by atoms with Gasteiger partial charge in [-0.2, -0.15) is 11.8 Å². The third-order valence-corrected chi connectivity index (χ3v) is 7.34. The number of thioether (sulfide) groups is 1. The molecule has 118 valence electrons. The first-order valence-electron chi connectivity index (χ1n) is 8.70. The van der Waals surface area contributed by atoms with Crippen LogP contribution in [-0.4, -0.2) is 12.3 Å². The molecule has 1 aromatic heterocycles. The summed E-state index contributed by atoms with van der Waals surface area (Å²) in [7, 11) is 0. The molecule has 0 aromatic carbocycles. The van der Waals surface area contributed by atoms with E-state index in [2.05, 4.69) is 48.3 Å². The van der Waals surface area contributed by atoms with Gasteiger partial charge in [-0.25, -0.2) is 0 Å². The predicted molar refractivity (Wildman–Crippen MR) is 96.3 cm³/mol. The monoisotopic (exact) mass is 323 g/mol.